The summed E-state index contributed by atoms with van der Waals surface area (Å²) in [4.78, 5) is 18.3. The molecule has 4 rings (SSSR count). The molecule has 1 aliphatic heterocycles. The summed E-state index contributed by atoms with van der Waals surface area (Å²) in [5.74, 6) is 0.146. The second-order valence-electron chi connectivity index (χ2n) is 9.19. The van der Waals surface area contributed by atoms with Crippen LogP contribution in [0.2, 0.25) is 0 Å². The molecule has 0 N–H and O–H groups in total. The van der Waals surface area contributed by atoms with E-state index in [1.54, 1.807) is 12.1 Å². The molecule has 0 saturated carbocycles. The number of sulfonamides is 1. The van der Waals surface area contributed by atoms with Crippen LogP contribution in [0.3, 0.4) is 0 Å². The third-order valence-electron chi connectivity index (χ3n) is 6.46. The molecular weight excluding hydrogens is 482 g/mol. The number of hydrogen-bond donors (Lipinski definition) is 0. The number of benzene rings is 2. The number of thiazole rings is 1. The van der Waals surface area contributed by atoms with Gasteiger partial charge in [0.25, 0.3) is 5.91 Å². The van der Waals surface area contributed by atoms with Crippen LogP contribution in [0.15, 0.2) is 46.3 Å². The van der Waals surface area contributed by atoms with Gasteiger partial charge in [0.1, 0.15) is 0 Å². The van der Waals surface area contributed by atoms with Crippen LogP contribution >= 0.6 is 11.3 Å². The summed E-state index contributed by atoms with van der Waals surface area (Å²) in [5, 5.41) is 0. The number of rotatable bonds is 7. The van der Waals surface area contributed by atoms with Gasteiger partial charge >= 0.3 is 0 Å². The molecule has 1 aromatic heterocycles. The van der Waals surface area contributed by atoms with Crippen molar-refractivity contribution < 1.29 is 17.9 Å². The Bertz CT molecular complexity index is 1380. The highest BCUT2D eigenvalue weighted by Crippen LogP contribution is 2.25. The van der Waals surface area contributed by atoms with E-state index in [9.17, 15) is 13.2 Å². The van der Waals surface area contributed by atoms with Gasteiger partial charge in [-0.2, -0.15) is 9.30 Å². The highest BCUT2D eigenvalue weighted by molar-refractivity contribution is 7.89. The van der Waals surface area contributed by atoms with E-state index >= 15 is 0 Å². The molecule has 2 heterocycles. The molecule has 9 heteroatoms. The number of amides is 1. The van der Waals surface area contributed by atoms with Gasteiger partial charge in [-0.15, -0.1) is 0 Å². The molecule has 0 aliphatic carbocycles. The average Bonchev–Trinajstić information content (AvgIpc) is 3.17. The first kappa shape index (κ1) is 25.8. The number of carbonyl (C=O) groups is 1. The van der Waals surface area contributed by atoms with Gasteiger partial charge in [-0.1, -0.05) is 24.3 Å². The zero-order valence-corrected chi connectivity index (χ0v) is 22.4. The van der Waals surface area contributed by atoms with Crippen LogP contribution in [-0.2, 0) is 21.3 Å². The number of nitrogens with zero attached hydrogens (tertiary/aromatic N) is 3. The SMILES string of the molecule is CCOCCn1c(=NC(=O)c2ccc(S(=O)(=O)N3CCC(C)CC3)cc2)sc2c(C)cc(C)cc21. The van der Waals surface area contributed by atoms with E-state index in [1.165, 1.54) is 27.8 Å². The van der Waals surface area contributed by atoms with Crippen LogP contribution in [0.1, 0.15) is 48.2 Å². The Labute approximate surface area is 211 Å². The number of piperidine rings is 1. The number of aromatic nitrogens is 1. The Morgan fingerprint density at radius 3 is 2.49 bits per heavy atom. The summed E-state index contributed by atoms with van der Waals surface area (Å²) in [7, 11) is -3.56. The predicted molar refractivity (Wildman–Crippen MR) is 139 cm³/mol. The molecule has 188 valence electrons. The van der Waals surface area contributed by atoms with Crippen molar-refractivity contribution in [2.24, 2.45) is 10.9 Å². The Hall–Kier alpha value is -2.33. The van der Waals surface area contributed by atoms with E-state index < -0.39 is 15.9 Å². The van der Waals surface area contributed by atoms with Crippen LogP contribution in [0, 0.1) is 19.8 Å². The minimum Gasteiger partial charge on any atom is -0.380 e. The van der Waals surface area contributed by atoms with Gasteiger partial charge in [0, 0.05) is 31.8 Å². The van der Waals surface area contributed by atoms with Crippen LogP contribution in [0.4, 0.5) is 0 Å². The number of ether oxygens (including phenoxy) is 1. The monoisotopic (exact) mass is 515 g/mol. The van der Waals surface area contributed by atoms with Crippen molar-refractivity contribution in [3.63, 3.8) is 0 Å². The first-order valence-corrected chi connectivity index (χ1v) is 14.3. The number of carbonyl (C=O) groups excluding carboxylic acids is 1. The molecule has 0 spiro atoms. The Kier molecular flexibility index (Phi) is 7.90. The van der Waals surface area contributed by atoms with Gasteiger partial charge in [0.2, 0.25) is 10.0 Å². The zero-order valence-electron chi connectivity index (χ0n) is 20.8. The maximum atomic E-state index is 13.1. The molecule has 7 nitrogen and oxygen atoms in total. The summed E-state index contributed by atoms with van der Waals surface area (Å²) >= 11 is 1.48. The minimum absolute atomic E-state index is 0.211. The van der Waals surface area contributed by atoms with Crippen LogP contribution < -0.4 is 4.80 Å². The Morgan fingerprint density at radius 2 is 1.83 bits per heavy atom. The summed E-state index contributed by atoms with van der Waals surface area (Å²) in [6.45, 7) is 11.0. The second-order valence-corrected chi connectivity index (χ2v) is 12.1. The third kappa shape index (κ3) is 5.58. The van der Waals surface area contributed by atoms with Gasteiger partial charge in [-0.25, -0.2) is 8.42 Å². The van der Waals surface area contributed by atoms with Crippen molar-refractivity contribution in [1.29, 1.82) is 0 Å². The molecule has 0 atom stereocenters. The number of aryl methyl sites for hydroxylation is 2. The minimum atomic E-state index is -3.56. The van der Waals surface area contributed by atoms with Crippen molar-refractivity contribution in [2.45, 2.75) is 52.0 Å². The molecular formula is C26H33N3O4S2. The van der Waals surface area contributed by atoms with Gasteiger partial charge < -0.3 is 9.30 Å². The van der Waals surface area contributed by atoms with E-state index in [0.717, 1.165) is 34.2 Å². The fourth-order valence-corrected chi connectivity index (χ4v) is 6.98. The Morgan fingerprint density at radius 1 is 1.14 bits per heavy atom. The standard InChI is InChI=1S/C26H33N3O4S2/c1-5-33-15-14-29-23-17-19(3)16-20(4)24(23)34-26(29)27-25(30)21-6-8-22(9-7-21)35(31,32)28-12-10-18(2)11-13-28/h6-9,16-18H,5,10-15H2,1-4H3. The topological polar surface area (TPSA) is 81.0 Å². The molecule has 1 amide bonds. The summed E-state index contributed by atoms with van der Waals surface area (Å²) in [5.41, 5.74) is 3.69. The largest absolute Gasteiger partial charge is 0.380 e. The van der Waals surface area contributed by atoms with E-state index in [-0.39, 0.29) is 4.90 Å². The highest BCUT2D eigenvalue weighted by Gasteiger charge is 2.28. The first-order chi connectivity index (χ1) is 16.7. The number of hydrogen-bond acceptors (Lipinski definition) is 5. The van der Waals surface area contributed by atoms with E-state index in [2.05, 4.69) is 37.9 Å². The fraction of sp³-hybridized carbons (Fsp3) is 0.462. The average molecular weight is 516 g/mol. The lowest BCUT2D eigenvalue weighted by molar-refractivity contribution is 0.0996. The maximum absolute atomic E-state index is 13.1. The molecule has 0 bridgehead atoms. The maximum Gasteiger partial charge on any atom is 0.279 e. The quantitative estimate of drug-likeness (QED) is 0.434. The number of fused-ring (bicyclic) bond motifs is 1. The lowest BCUT2D eigenvalue weighted by Gasteiger charge is -2.29. The van der Waals surface area contributed by atoms with Crippen molar-refractivity contribution in [1.82, 2.24) is 8.87 Å². The zero-order chi connectivity index (χ0) is 25.2. The molecule has 35 heavy (non-hydrogen) atoms. The van der Waals surface area contributed by atoms with Gasteiger partial charge in [0.05, 0.1) is 21.7 Å². The van der Waals surface area contributed by atoms with E-state index in [4.69, 9.17) is 4.74 Å². The lowest BCUT2D eigenvalue weighted by Crippen LogP contribution is -2.37. The van der Waals surface area contributed by atoms with Gasteiger partial charge in [-0.3, -0.25) is 4.79 Å². The fourth-order valence-electron chi connectivity index (χ4n) is 4.41. The third-order valence-corrected chi connectivity index (χ3v) is 9.60. The normalized spacial score (nSPS) is 16.3. The summed E-state index contributed by atoms with van der Waals surface area (Å²) in [6.07, 6.45) is 1.73. The van der Waals surface area contributed by atoms with E-state index in [1.807, 2.05) is 11.5 Å². The van der Waals surface area contributed by atoms with E-state index in [0.29, 0.717) is 49.1 Å². The van der Waals surface area contributed by atoms with Crippen LogP contribution in [0.25, 0.3) is 10.2 Å². The summed E-state index contributed by atoms with van der Waals surface area (Å²) < 4.78 is 36.2. The highest BCUT2D eigenvalue weighted by atomic mass is 32.2. The predicted octanol–water partition coefficient (Wildman–Crippen LogP) is 4.52. The van der Waals surface area contributed by atoms with Gasteiger partial charge in [-0.05, 0) is 81.0 Å². The van der Waals surface area contributed by atoms with Crippen molar-refractivity contribution in [2.75, 3.05) is 26.3 Å². The Balaban J connectivity index is 1.64. The second kappa shape index (κ2) is 10.7. The molecule has 1 fully saturated rings. The molecule has 0 radical (unpaired) electrons. The van der Waals surface area contributed by atoms with Crippen molar-refractivity contribution in [3.05, 3.63) is 57.9 Å². The van der Waals surface area contributed by atoms with Crippen LogP contribution in [0.5, 0.6) is 0 Å². The van der Waals surface area contributed by atoms with Gasteiger partial charge in [0.15, 0.2) is 4.80 Å². The smallest absolute Gasteiger partial charge is 0.279 e. The lowest BCUT2D eigenvalue weighted by atomic mass is 10.0. The molecule has 1 saturated heterocycles. The van der Waals surface area contributed by atoms with Crippen LogP contribution in [-0.4, -0.2) is 49.5 Å². The summed E-state index contributed by atoms with van der Waals surface area (Å²) in [6, 6.07) is 10.4. The van der Waals surface area contributed by atoms with Crippen molar-refractivity contribution in [3.8, 4) is 0 Å². The first-order valence-electron chi connectivity index (χ1n) is 12.1. The molecule has 1 aliphatic rings. The molecule has 0 unspecified atom stereocenters. The molecule has 2 aromatic carbocycles. The molecule has 3 aromatic rings. The van der Waals surface area contributed by atoms with Crippen molar-refractivity contribution >= 4 is 37.5 Å².